The molecule has 4 aromatic rings. The molecule has 1 amide bonds. The monoisotopic (exact) mass is 406 g/mol. The van der Waals surface area contributed by atoms with Crippen LogP contribution in [0.25, 0.3) is 16.7 Å². The van der Waals surface area contributed by atoms with Crippen LogP contribution in [0.2, 0.25) is 0 Å². The molecule has 6 heteroatoms. The van der Waals surface area contributed by atoms with Gasteiger partial charge in [0, 0.05) is 16.8 Å². The quantitative estimate of drug-likeness (QED) is 0.457. The first-order chi connectivity index (χ1) is 13.8. The van der Waals surface area contributed by atoms with Gasteiger partial charge in [-0.05, 0) is 47.6 Å². The van der Waals surface area contributed by atoms with Crippen molar-refractivity contribution in [1.29, 1.82) is 0 Å². The number of phenolic OH excluding ortho intramolecular Hbond substituents is 1. The normalized spacial score (nSPS) is 12.9. The number of aromatic nitrogens is 3. The van der Waals surface area contributed by atoms with Gasteiger partial charge in [0.15, 0.2) is 0 Å². The smallest absolute Gasteiger partial charge is 0.250 e. The highest BCUT2D eigenvalue weighted by Crippen LogP contribution is 2.41. The third-order valence-corrected chi connectivity index (χ3v) is 5.54. The van der Waals surface area contributed by atoms with Crippen LogP contribution in [0.3, 0.4) is 0 Å². The summed E-state index contributed by atoms with van der Waals surface area (Å²) in [6.07, 6.45) is 0. The van der Waals surface area contributed by atoms with E-state index in [2.05, 4.69) is 65.6 Å². The molecule has 0 radical (unpaired) electrons. The van der Waals surface area contributed by atoms with E-state index in [1.165, 1.54) is 5.56 Å². The predicted molar refractivity (Wildman–Crippen MR) is 121 cm³/mol. The average Bonchev–Trinajstić information content (AvgIpc) is 3.26. The van der Waals surface area contributed by atoms with Crippen LogP contribution < -0.4 is 5.32 Å². The standard InChI is InChI=1S/C24H30N4O2/c1-14(2)22(30)25-16-9-10-18-19(13-16)27-26(18)28(27)20-12-15(23(3,4)5)11-17(21(20)29)24(6,7)8/h9-13,29H,1H2,2-8H3,(H,25,30). The van der Waals surface area contributed by atoms with E-state index in [4.69, 9.17) is 0 Å². The lowest BCUT2D eigenvalue weighted by Crippen LogP contribution is -2.17. The molecule has 4 rings (SSSR count). The summed E-state index contributed by atoms with van der Waals surface area (Å²) in [6, 6.07) is 9.96. The lowest BCUT2D eigenvalue weighted by atomic mass is 9.80. The average molecular weight is 407 g/mol. The van der Waals surface area contributed by atoms with Crippen molar-refractivity contribution in [3.05, 3.63) is 53.6 Å². The Balaban J connectivity index is 1.84. The number of nitrogens with zero attached hydrogens (tertiary/aromatic N) is 3. The highest BCUT2D eigenvalue weighted by molar-refractivity contribution is 6.03. The molecule has 2 aromatic heterocycles. The summed E-state index contributed by atoms with van der Waals surface area (Å²) in [6.45, 7) is 18.2. The third-order valence-electron chi connectivity index (χ3n) is 5.54. The summed E-state index contributed by atoms with van der Waals surface area (Å²) >= 11 is 0. The minimum absolute atomic E-state index is 0.0466. The first kappa shape index (κ1) is 20.1. The first-order valence-electron chi connectivity index (χ1n) is 10.2. The van der Waals surface area contributed by atoms with Crippen LogP contribution in [0, 0.1) is 0 Å². The van der Waals surface area contributed by atoms with Gasteiger partial charge in [-0.15, -0.1) is 14.1 Å². The number of carbonyl (C=O) groups is 1. The fraction of sp³-hybridized carbons (Fsp3) is 0.375. The van der Waals surface area contributed by atoms with Gasteiger partial charge < -0.3 is 10.4 Å². The molecule has 30 heavy (non-hydrogen) atoms. The molecule has 0 aliphatic rings. The topological polar surface area (TPSA) is 63.1 Å². The molecule has 0 fully saturated rings. The summed E-state index contributed by atoms with van der Waals surface area (Å²) in [5, 5.41) is 14.0. The van der Waals surface area contributed by atoms with E-state index in [-0.39, 0.29) is 16.7 Å². The lowest BCUT2D eigenvalue weighted by Gasteiger charge is -2.26. The zero-order valence-corrected chi connectivity index (χ0v) is 18.8. The van der Waals surface area contributed by atoms with Crippen molar-refractivity contribution in [2.24, 2.45) is 0 Å². The lowest BCUT2D eigenvalue weighted by molar-refractivity contribution is -0.112. The molecule has 0 saturated heterocycles. The van der Waals surface area contributed by atoms with Gasteiger partial charge in [-0.3, -0.25) is 4.79 Å². The fourth-order valence-corrected chi connectivity index (χ4v) is 3.64. The Labute approximate surface area is 176 Å². The first-order valence-corrected chi connectivity index (χ1v) is 10.2. The van der Waals surface area contributed by atoms with E-state index in [9.17, 15) is 9.90 Å². The molecule has 0 saturated carbocycles. The van der Waals surface area contributed by atoms with Gasteiger partial charge in [-0.1, -0.05) is 54.2 Å². The molecule has 0 bridgehead atoms. The maximum Gasteiger partial charge on any atom is 0.250 e. The second kappa shape index (κ2) is 6.17. The highest BCUT2D eigenvalue weighted by Gasteiger charge is 2.31. The number of nitrogens with one attached hydrogen (secondary N) is 1. The second-order valence-corrected chi connectivity index (χ2v) is 10.2. The Kier molecular flexibility index (Phi) is 4.14. The van der Waals surface area contributed by atoms with Crippen LogP contribution >= 0.6 is 0 Å². The number of hydrogen-bond acceptors (Lipinski definition) is 2. The molecule has 2 N–H and O–H groups in total. The predicted octanol–water partition coefficient (Wildman–Crippen LogP) is 5.24. The van der Waals surface area contributed by atoms with Gasteiger partial charge in [0.1, 0.15) is 22.5 Å². The van der Waals surface area contributed by atoms with E-state index >= 15 is 0 Å². The van der Waals surface area contributed by atoms with Crippen molar-refractivity contribution in [2.75, 3.05) is 5.32 Å². The van der Waals surface area contributed by atoms with Crippen LogP contribution in [0.15, 0.2) is 42.5 Å². The Morgan fingerprint density at radius 3 is 2.17 bits per heavy atom. The van der Waals surface area contributed by atoms with Crippen LogP contribution in [-0.2, 0) is 15.6 Å². The summed E-state index contributed by atoms with van der Waals surface area (Å²) in [4.78, 5) is 13.9. The number of fused-ring (bicyclic) bond motifs is 4. The maximum absolute atomic E-state index is 11.9. The SMILES string of the molecule is C=C(C)C(=O)Nc1ccc2c(c1)n1n(-c3cc(C(C)(C)C)cc(C(C)(C)C)c3O)n21. The van der Waals surface area contributed by atoms with E-state index < -0.39 is 0 Å². The molecule has 0 spiro atoms. The Hall–Kier alpha value is -3.15. The maximum atomic E-state index is 11.9. The third kappa shape index (κ3) is 3.07. The van der Waals surface area contributed by atoms with Crippen LogP contribution in [-0.4, -0.2) is 25.1 Å². The van der Waals surface area contributed by atoms with Crippen LogP contribution in [0.1, 0.15) is 59.6 Å². The van der Waals surface area contributed by atoms with Crippen LogP contribution in [0.5, 0.6) is 5.75 Å². The Bertz CT molecular complexity index is 1290. The van der Waals surface area contributed by atoms with Gasteiger partial charge in [0.2, 0.25) is 0 Å². The van der Waals surface area contributed by atoms with E-state index in [1.54, 1.807) is 6.92 Å². The largest absolute Gasteiger partial charge is 0.505 e. The van der Waals surface area contributed by atoms with E-state index in [0.717, 1.165) is 28.0 Å². The zero-order valence-electron chi connectivity index (χ0n) is 18.8. The van der Waals surface area contributed by atoms with Crippen molar-refractivity contribution in [3.63, 3.8) is 0 Å². The van der Waals surface area contributed by atoms with E-state index in [1.807, 2.05) is 32.3 Å². The number of phenols is 1. The Morgan fingerprint density at radius 1 is 0.967 bits per heavy atom. The summed E-state index contributed by atoms with van der Waals surface area (Å²) in [5.41, 5.74) is 5.82. The van der Waals surface area contributed by atoms with Crippen molar-refractivity contribution >= 4 is 22.6 Å². The fourth-order valence-electron chi connectivity index (χ4n) is 3.64. The minimum atomic E-state index is -0.195. The van der Waals surface area contributed by atoms with Gasteiger partial charge >= 0.3 is 0 Å². The van der Waals surface area contributed by atoms with Gasteiger partial charge in [0.05, 0.1) is 0 Å². The molecule has 158 valence electrons. The Morgan fingerprint density at radius 2 is 1.60 bits per heavy atom. The summed E-state index contributed by atoms with van der Waals surface area (Å²) in [5.74, 6) is 0.103. The number of hydrogen-bond donors (Lipinski definition) is 2. The minimum Gasteiger partial charge on any atom is -0.505 e. The van der Waals surface area contributed by atoms with Gasteiger partial charge in [-0.2, -0.15) is 0 Å². The molecule has 2 aromatic carbocycles. The van der Waals surface area contributed by atoms with Gasteiger partial charge in [-0.25, -0.2) is 0 Å². The van der Waals surface area contributed by atoms with Crippen molar-refractivity contribution in [1.82, 2.24) is 14.1 Å². The zero-order chi connectivity index (χ0) is 22.2. The van der Waals surface area contributed by atoms with Crippen LogP contribution in [0.4, 0.5) is 5.69 Å². The second-order valence-electron chi connectivity index (χ2n) is 10.2. The number of rotatable bonds is 3. The highest BCUT2D eigenvalue weighted by atomic mass is 16.3. The molecule has 0 atom stereocenters. The van der Waals surface area contributed by atoms with Crippen molar-refractivity contribution < 1.29 is 9.90 Å². The number of benzene rings is 2. The molecular formula is C24H30N4O2. The molecular weight excluding hydrogens is 376 g/mol. The molecule has 2 heterocycles. The molecule has 0 unspecified atom stereocenters. The number of anilines is 1. The van der Waals surface area contributed by atoms with Gasteiger partial charge in [0.25, 0.3) is 5.91 Å². The summed E-state index contributed by atoms with van der Waals surface area (Å²) < 4.78 is 3.99. The van der Waals surface area contributed by atoms with E-state index in [0.29, 0.717) is 11.3 Å². The molecule has 0 aliphatic heterocycles. The number of amides is 1. The summed E-state index contributed by atoms with van der Waals surface area (Å²) in [7, 11) is 0. The van der Waals surface area contributed by atoms with Crippen molar-refractivity contribution in [2.45, 2.75) is 59.3 Å². The van der Waals surface area contributed by atoms with Crippen molar-refractivity contribution in [3.8, 4) is 11.4 Å². The molecule has 6 nitrogen and oxygen atoms in total. The number of carbonyl (C=O) groups excluding carboxylic acids is 1. The number of aromatic hydroxyl groups is 1. The molecule has 0 aliphatic carbocycles.